The van der Waals surface area contributed by atoms with Crippen LogP contribution in [0, 0.1) is 10.1 Å². The molecule has 0 aliphatic heterocycles. The van der Waals surface area contributed by atoms with E-state index in [1.165, 1.54) is 42.3 Å². The van der Waals surface area contributed by atoms with Gasteiger partial charge in [-0.05, 0) is 54.8 Å². The van der Waals surface area contributed by atoms with Crippen LogP contribution in [0.15, 0.2) is 69.0 Å². The van der Waals surface area contributed by atoms with Crippen LogP contribution < -0.4 is 15.0 Å². The van der Waals surface area contributed by atoms with Gasteiger partial charge in [0.2, 0.25) is 5.75 Å². The number of nitro groups is 1. The summed E-state index contributed by atoms with van der Waals surface area (Å²) in [6, 6.07) is 14.2. The molecule has 1 aromatic heterocycles. The normalized spacial score (nSPS) is 13.9. The number of carboxylic acids is 1. The predicted octanol–water partition coefficient (Wildman–Crippen LogP) is 6.28. The molecule has 1 N–H and O–H groups in total. The van der Waals surface area contributed by atoms with Gasteiger partial charge in [0, 0.05) is 22.0 Å². The topological polar surface area (TPSA) is 146 Å². The van der Waals surface area contributed by atoms with E-state index < -0.39 is 10.9 Å². The average Bonchev–Trinajstić information content (AvgIpc) is 3.00. The molecule has 1 aliphatic carbocycles. The number of nitro benzene ring substituents is 1. The number of fused-ring (bicyclic) bond motifs is 1. The number of hydrogen-bond donors (Lipinski definition) is 1. The minimum atomic E-state index is -1.06. The molecular formula is C30H27BrN4O7. The summed E-state index contributed by atoms with van der Waals surface area (Å²) in [7, 11) is 1.37. The van der Waals surface area contributed by atoms with E-state index >= 15 is 0 Å². The van der Waals surface area contributed by atoms with E-state index in [0.717, 1.165) is 36.6 Å². The van der Waals surface area contributed by atoms with Crippen molar-refractivity contribution in [1.82, 2.24) is 9.66 Å². The van der Waals surface area contributed by atoms with E-state index in [1.807, 2.05) is 6.07 Å². The number of methoxy groups -OCH3 is 1. The quantitative estimate of drug-likeness (QED) is 0.128. The molecule has 0 amide bonds. The molecule has 1 fully saturated rings. The number of aromatic carboxylic acids is 1. The second-order valence-electron chi connectivity index (χ2n) is 9.95. The highest BCUT2D eigenvalue weighted by Gasteiger charge is 2.24. The van der Waals surface area contributed by atoms with Gasteiger partial charge in [-0.2, -0.15) is 9.78 Å². The molecule has 216 valence electrons. The first-order chi connectivity index (χ1) is 20.2. The summed E-state index contributed by atoms with van der Waals surface area (Å²) in [6.07, 6.45) is 6.39. The van der Waals surface area contributed by atoms with Gasteiger partial charge in [-0.3, -0.25) is 14.9 Å². The van der Waals surface area contributed by atoms with Crippen molar-refractivity contribution in [1.29, 1.82) is 0 Å². The van der Waals surface area contributed by atoms with Gasteiger partial charge in [-0.15, -0.1) is 0 Å². The molecule has 12 heteroatoms. The average molecular weight is 635 g/mol. The molecule has 1 aliphatic rings. The van der Waals surface area contributed by atoms with Crippen LogP contribution in [0.1, 0.15) is 65.3 Å². The number of hydrogen-bond acceptors (Lipinski definition) is 8. The molecule has 1 saturated carbocycles. The highest BCUT2D eigenvalue weighted by molar-refractivity contribution is 9.10. The number of nitrogens with zero attached hydrogens (tertiary/aromatic N) is 4. The Balaban J connectivity index is 1.51. The third-order valence-corrected chi connectivity index (χ3v) is 7.68. The standard InChI is InChI=1S/C30H27BrN4O7/c1-41-26-14-19(13-25(35(39)40)27(26)42-17-18-7-9-21(10-8-18)30(37)38)16-32-34-28(20-5-3-2-4-6-20)33-24-12-11-22(31)15-23(24)29(34)36/h7-16,20H,2-6,17H2,1H3,(H,37,38). The summed E-state index contributed by atoms with van der Waals surface area (Å²) in [4.78, 5) is 41.0. The molecule has 4 aromatic rings. The van der Waals surface area contributed by atoms with Crippen molar-refractivity contribution in [2.75, 3.05) is 7.11 Å². The molecule has 0 unspecified atom stereocenters. The fourth-order valence-electron chi connectivity index (χ4n) is 5.04. The lowest BCUT2D eigenvalue weighted by Crippen LogP contribution is -2.25. The third kappa shape index (κ3) is 6.18. The van der Waals surface area contributed by atoms with Gasteiger partial charge in [0.15, 0.2) is 5.75 Å². The monoisotopic (exact) mass is 634 g/mol. The minimum absolute atomic E-state index is 0.0526. The van der Waals surface area contributed by atoms with Crippen LogP contribution in [0.5, 0.6) is 11.5 Å². The maximum atomic E-state index is 13.6. The van der Waals surface area contributed by atoms with Crippen LogP contribution in [0.4, 0.5) is 5.69 Å². The lowest BCUT2D eigenvalue weighted by Gasteiger charge is -2.22. The van der Waals surface area contributed by atoms with E-state index in [1.54, 1.807) is 24.3 Å². The highest BCUT2D eigenvalue weighted by Crippen LogP contribution is 2.39. The van der Waals surface area contributed by atoms with Gasteiger partial charge in [0.25, 0.3) is 5.56 Å². The maximum Gasteiger partial charge on any atom is 0.335 e. The van der Waals surface area contributed by atoms with Crippen LogP contribution in [0.2, 0.25) is 0 Å². The fourth-order valence-corrected chi connectivity index (χ4v) is 5.40. The van der Waals surface area contributed by atoms with Crippen molar-refractivity contribution in [3.63, 3.8) is 0 Å². The Hall–Kier alpha value is -4.58. The Kier molecular flexibility index (Phi) is 8.62. The van der Waals surface area contributed by atoms with Gasteiger partial charge in [0.1, 0.15) is 12.4 Å². The third-order valence-electron chi connectivity index (χ3n) is 7.18. The predicted molar refractivity (Wildman–Crippen MR) is 160 cm³/mol. The second kappa shape index (κ2) is 12.5. The van der Waals surface area contributed by atoms with Crippen molar-refractivity contribution in [3.05, 3.63) is 102 Å². The van der Waals surface area contributed by atoms with E-state index in [4.69, 9.17) is 19.6 Å². The summed E-state index contributed by atoms with van der Waals surface area (Å²) in [6.45, 7) is -0.0526. The largest absolute Gasteiger partial charge is 0.493 e. The van der Waals surface area contributed by atoms with Crippen LogP contribution in [0.25, 0.3) is 10.9 Å². The number of rotatable bonds is 9. The molecule has 3 aromatic carbocycles. The summed E-state index contributed by atoms with van der Waals surface area (Å²) in [5.41, 5.74) is 0.976. The summed E-state index contributed by atoms with van der Waals surface area (Å²) in [5.74, 6) is -0.396. The number of benzene rings is 3. The van der Waals surface area contributed by atoms with E-state index in [-0.39, 0.29) is 40.8 Å². The maximum absolute atomic E-state index is 13.6. The van der Waals surface area contributed by atoms with Crippen LogP contribution >= 0.6 is 15.9 Å². The lowest BCUT2D eigenvalue weighted by atomic mass is 9.88. The number of aromatic nitrogens is 2. The molecule has 0 atom stereocenters. The highest BCUT2D eigenvalue weighted by atomic mass is 79.9. The van der Waals surface area contributed by atoms with Gasteiger partial charge >= 0.3 is 11.7 Å². The zero-order valence-electron chi connectivity index (χ0n) is 22.7. The SMILES string of the molecule is COc1cc(C=Nn2c(C3CCCCC3)nc3ccc(Br)cc3c2=O)cc([N+](=O)[O-])c1OCc1ccc(C(=O)O)cc1. The summed E-state index contributed by atoms with van der Waals surface area (Å²) < 4.78 is 13.2. The minimum Gasteiger partial charge on any atom is -0.493 e. The van der Waals surface area contributed by atoms with Crippen molar-refractivity contribution >= 4 is 44.7 Å². The summed E-state index contributed by atoms with van der Waals surface area (Å²) >= 11 is 3.41. The van der Waals surface area contributed by atoms with Crippen molar-refractivity contribution in [2.45, 2.75) is 44.6 Å². The first-order valence-electron chi connectivity index (χ1n) is 13.3. The van der Waals surface area contributed by atoms with Gasteiger partial charge < -0.3 is 14.6 Å². The van der Waals surface area contributed by atoms with Crippen LogP contribution in [0.3, 0.4) is 0 Å². The molecule has 0 saturated heterocycles. The number of carboxylic acid groups (broad SMARTS) is 1. The first kappa shape index (κ1) is 28.9. The van der Waals surface area contributed by atoms with E-state index in [9.17, 15) is 19.7 Å². The molecule has 11 nitrogen and oxygen atoms in total. The lowest BCUT2D eigenvalue weighted by molar-refractivity contribution is -0.386. The molecule has 0 spiro atoms. The number of ether oxygens (including phenoxy) is 2. The van der Waals surface area contributed by atoms with Crippen molar-refractivity contribution in [2.24, 2.45) is 5.10 Å². The van der Waals surface area contributed by atoms with E-state index in [2.05, 4.69) is 21.0 Å². The van der Waals surface area contributed by atoms with Gasteiger partial charge in [-0.25, -0.2) is 9.78 Å². The molecule has 0 bridgehead atoms. The molecule has 5 rings (SSSR count). The van der Waals surface area contributed by atoms with Crippen molar-refractivity contribution < 1.29 is 24.3 Å². The summed E-state index contributed by atoms with van der Waals surface area (Å²) in [5, 5.41) is 26.0. The zero-order valence-corrected chi connectivity index (χ0v) is 24.2. The Morgan fingerprint density at radius 1 is 1.17 bits per heavy atom. The van der Waals surface area contributed by atoms with Crippen LogP contribution in [-0.4, -0.2) is 39.0 Å². The Labute approximate surface area is 248 Å². The molecule has 0 radical (unpaired) electrons. The Morgan fingerprint density at radius 2 is 1.90 bits per heavy atom. The Bertz CT molecular complexity index is 1750. The first-order valence-corrected chi connectivity index (χ1v) is 14.1. The number of halogens is 1. The second-order valence-corrected chi connectivity index (χ2v) is 10.9. The molecular weight excluding hydrogens is 608 g/mol. The number of carbonyl (C=O) groups is 1. The van der Waals surface area contributed by atoms with Gasteiger partial charge in [0.05, 0.1) is 34.7 Å². The zero-order chi connectivity index (χ0) is 29.8. The van der Waals surface area contributed by atoms with Gasteiger partial charge in [-0.1, -0.05) is 47.3 Å². The fraction of sp³-hybridized carbons (Fsp3) is 0.267. The Morgan fingerprint density at radius 3 is 2.57 bits per heavy atom. The van der Waals surface area contributed by atoms with Crippen molar-refractivity contribution in [3.8, 4) is 11.5 Å². The van der Waals surface area contributed by atoms with Crippen LogP contribution in [-0.2, 0) is 6.61 Å². The molecule has 1 heterocycles. The smallest absolute Gasteiger partial charge is 0.335 e. The molecule has 42 heavy (non-hydrogen) atoms. The van der Waals surface area contributed by atoms with E-state index in [0.29, 0.717) is 27.9 Å².